The Labute approximate surface area is 111 Å². The van der Waals surface area contributed by atoms with Crippen molar-refractivity contribution in [3.8, 4) is 0 Å². The fourth-order valence-corrected chi connectivity index (χ4v) is 1.93. The molecule has 1 aromatic rings. The van der Waals surface area contributed by atoms with E-state index in [2.05, 4.69) is 6.92 Å². The van der Waals surface area contributed by atoms with Crippen LogP contribution < -0.4 is 4.90 Å². The number of aliphatic hydroxyl groups excluding tert-OH is 1. The fourth-order valence-electron chi connectivity index (χ4n) is 1.93. The van der Waals surface area contributed by atoms with Gasteiger partial charge in [-0.15, -0.1) is 0 Å². The highest BCUT2D eigenvalue weighted by molar-refractivity contribution is 5.51. The Bertz CT molecular complexity index is 404. The first-order valence-corrected chi connectivity index (χ1v) is 6.42. The zero-order chi connectivity index (χ0) is 14.5. The van der Waals surface area contributed by atoms with Crippen molar-refractivity contribution in [2.45, 2.75) is 39.0 Å². The van der Waals surface area contributed by atoms with E-state index in [1.807, 2.05) is 4.90 Å². The van der Waals surface area contributed by atoms with Crippen molar-refractivity contribution in [3.05, 3.63) is 29.3 Å². The fraction of sp³-hybridized carbons (Fsp3) is 0.571. The number of benzene rings is 1. The van der Waals surface area contributed by atoms with Crippen molar-refractivity contribution < 1.29 is 18.3 Å². The van der Waals surface area contributed by atoms with Crippen LogP contribution in [0.5, 0.6) is 0 Å². The van der Waals surface area contributed by atoms with Crippen molar-refractivity contribution in [2.24, 2.45) is 0 Å². The number of anilines is 1. The minimum atomic E-state index is -4.43. The summed E-state index contributed by atoms with van der Waals surface area (Å²) in [5.74, 6) is 0. The van der Waals surface area contributed by atoms with Crippen LogP contribution in [-0.4, -0.2) is 18.7 Å². The molecule has 1 rings (SSSR count). The molecule has 2 nitrogen and oxygen atoms in total. The van der Waals surface area contributed by atoms with E-state index in [9.17, 15) is 13.2 Å². The maximum Gasteiger partial charge on any atom is 0.416 e. The quantitative estimate of drug-likeness (QED) is 0.798. The summed E-state index contributed by atoms with van der Waals surface area (Å²) in [5.41, 5.74) is -0.311. The van der Waals surface area contributed by atoms with Crippen LogP contribution in [0.15, 0.2) is 18.2 Å². The number of aliphatic hydroxyl groups is 1. The molecule has 108 valence electrons. The summed E-state index contributed by atoms with van der Waals surface area (Å²) in [6.45, 7) is 2.20. The molecule has 0 aliphatic heterocycles. The second-order valence-corrected chi connectivity index (χ2v) is 4.63. The van der Waals surface area contributed by atoms with E-state index in [0.29, 0.717) is 5.69 Å². The highest BCUT2D eigenvalue weighted by atomic mass is 19.4. The van der Waals surface area contributed by atoms with Crippen LogP contribution in [0.1, 0.15) is 37.3 Å². The molecular formula is C14H20F3NO. The highest BCUT2D eigenvalue weighted by Gasteiger charge is 2.33. The number of unbranched alkanes of at least 4 members (excludes halogenated alkanes) is 2. The zero-order valence-corrected chi connectivity index (χ0v) is 11.3. The van der Waals surface area contributed by atoms with Crippen LogP contribution in [0.2, 0.25) is 0 Å². The predicted octanol–water partition coefficient (Wildman–Crippen LogP) is 3.82. The summed E-state index contributed by atoms with van der Waals surface area (Å²) in [6, 6.07) is 4.07. The molecule has 0 radical (unpaired) electrons. The first-order chi connectivity index (χ1) is 8.90. The summed E-state index contributed by atoms with van der Waals surface area (Å²) in [5, 5.41) is 8.97. The molecule has 0 bridgehead atoms. The lowest BCUT2D eigenvalue weighted by atomic mass is 10.1. The van der Waals surface area contributed by atoms with Gasteiger partial charge >= 0.3 is 6.18 Å². The van der Waals surface area contributed by atoms with Crippen LogP contribution in [0.4, 0.5) is 18.9 Å². The Balaban J connectivity index is 2.91. The molecule has 0 heterocycles. The van der Waals surface area contributed by atoms with E-state index in [1.54, 1.807) is 13.1 Å². The molecule has 0 aliphatic carbocycles. The SMILES string of the molecule is CCCCCN(C)c1ccc(CO)c(C(F)(F)F)c1. The first-order valence-electron chi connectivity index (χ1n) is 6.42. The first kappa shape index (κ1) is 15.8. The minimum absolute atomic E-state index is 0.0850. The van der Waals surface area contributed by atoms with Gasteiger partial charge < -0.3 is 10.0 Å². The minimum Gasteiger partial charge on any atom is -0.392 e. The molecule has 0 saturated heterocycles. The van der Waals surface area contributed by atoms with E-state index in [1.165, 1.54) is 6.07 Å². The van der Waals surface area contributed by atoms with Crippen molar-refractivity contribution in [1.82, 2.24) is 0 Å². The second kappa shape index (κ2) is 6.80. The smallest absolute Gasteiger partial charge is 0.392 e. The molecule has 1 N–H and O–H groups in total. The molecule has 0 atom stereocenters. The lowest BCUT2D eigenvalue weighted by molar-refractivity contribution is -0.138. The van der Waals surface area contributed by atoms with Gasteiger partial charge in [-0.05, 0) is 24.1 Å². The van der Waals surface area contributed by atoms with Crippen LogP contribution in [0, 0.1) is 0 Å². The molecule has 0 aliphatic rings. The van der Waals surface area contributed by atoms with Crippen LogP contribution in [0.3, 0.4) is 0 Å². The van der Waals surface area contributed by atoms with Gasteiger partial charge in [0.25, 0.3) is 0 Å². The molecule has 0 amide bonds. The molecule has 0 spiro atoms. The Morgan fingerprint density at radius 1 is 1.21 bits per heavy atom. The summed E-state index contributed by atoms with van der Waals surface area (Å²) < 4.78 is 38.6. The average Bonchev–Trinajstić information content (AvgIpc) is 2.37. The van der Waals surface area contributed by atoms with Gasteiger partial charge in [0, 0.05) is 19.3 Å². The van der Waals surface area contributed by atoms with Crippen LogP contribution in [0.25, 0.3) is 0 Å². The van der Waals surface area contributed by atoms with Crippen LogP contribution >= 0.6 is 0 Å². The lowest BCUT2D eigenvalue weighted by Gasteiger charge is -2.21. The molecule has 0 unspecified atom stereocenters. The van der Waals surface area contributed by atoms with Gasteiger partial charge in [-0.3, -0.25) is 0 Å². The van der Waals surface area contributed by atoms with Gasteiger partial charge in [-0.25, -0.2) is 0 Å². The standard InChI is InChI=1S/C14H20F3NO/c1-3-4-5-8-18(2)12-7-6-11(10-19)13(9-12)14(15,16)17/h6-7,9,19H,3-5,8,10H2,1-2H3. The van der Waals surface area contributed by atoms with E-state index >= 15 is 0 Å². The number of nitrogens with zero attached hydrogens (tertiary/aromatic N) is 1. The maximum absolute atomic E-state index is 12.9. The number of alkyl halides is 3. The number of rotatable bonds is 6. The average molecular weight is 275 g/mol. The maximum atomic E-state index is 12.9. The topological polar surface area (TPSA) is 23.5 Å². The van der Waals surface area contributed by atoms with Gasteiger partial charge in [-0.2, -0.15) is 13.2 Å². The Kier molecular flexibility index (Phi) is 5.66. The Morgan fingerprint density at radius 3 is 2.42 bits per heavy atom. The largest absolute Gasteiger partial charge is 0.416 e. The Morgan fingerprint density at radius 2 is 1.89 bits per heavy atom. The highest BCUT2D eigenvalue weighted by Crippen LogP contribution is 2.34. The predicted molar refractivity (Wildman–Crippen MR) is 70.2 cm³/mol. The number of halogens is 3. The van der Waals surface area contributed by atoms with Gasteiger partial charge in [0.15, 0.2) is 0 Å². The third kappa shape index (κ3) is 4.42. The third-order valence-electron chi connectivity index (χ3n) is 3.11. The van der Waals surface area contributed by atoms with Crippen LogP contribution in [-0.2, 0) is 12.8 Å². The molecule has 0 fully saturated rings. The molecule has 5 heteroatoms. The summed E-state index contributed by atoms with van der Waals surface area (Å²) in [6.07, 6.45) is -1.34. The van der Waals surface area contributed by atoms with Crippen molar-refractivity contribution in [1.29, 1.82) is 0 Å². The second-order valence-electron chi connectivity index (χ2n) is 4.63. The number of hydrogen-bond acceptors (Lipinski definition) is 2. The van der Waals surface area contributed by atoms with E-state index in [4.69, 9.17) is 5.11 Å². The third-order valence-corrected chi connectivity index (χ3v) is 3.11. The van der Waals surface area contributed by atoms with Crippen molar-refractivity contribution in [2.75, 3.05) is 18.5 Å². The molecule has 1 aromatic carbocycles. The van der Waals surface area contributed by atoms with Crippen molar-refractivity contribution in [3.63, 3.8) is 0 Å². The molecule has 19 heavy (non-hydrogen) atoms. The Hall–Kier alpha value is -1.23. The molecule has 0 aromatic heterocycles. The van der Waals surface area contributed by atoms with E-state index in [0.717, 1.165) is 31.9 Å². The van der Waals surface area contributed by atoms with Crippen molar-refractivity contribution >= 4 is 5.69 Å². The summed E-state index contributed by atoms with van der Waals surface area (Å²) in [7, 11) is 1.78. The lowest BCUT2D eigenvalue weighted by Crippen LogP contribution is -2.20. The zero-order valence-electron chi connectivity index (χ0n) is 11.3. The molecule has 0 saturated carbocycles. The van der Waals surface area contributed by atoms with Gasteiger partial charge in [-0.1, -0.05) is 25.8 Å². The van der Waals surface area contributed by atoms with Gasteiger partial charge in [0.2, 0.25) is 0 Å². The van der Waals surface area contributed by atoms with Gasteiger partial charge in [0.1, 0.15) is 0 Å². The van der Waals surface area contributed by atoms with Gasteiger partial charge in [0.05, 0.1) is 12.2 Å². The van der Waals surface area contributed by atoms with E-state index < -0.39 is 18.3 Å². The monoisotopic (exact) mass is 275 g/mol. The summed E-state index contributed by atoms with van der Waals surface area (Å²) in [4.78, 5) is 1.81. The summed E-state index contributed by atoms with van der Waals surface area (Å²) >= 11 is 0. The molecular weight excluding hydrogens is 255 g/mol. The van der Waals surface area contributed by atoms with E-state index in [-0.39, 0.29) is 5.56 Å². The normalized spacial score (nSPS) is 11.7. The number of hydrogen-bond donors (Lipinski definition) is 1.